The fraction of sp³-hybridized carbons (Fsp3) is 0.417. The molecule has 4 heteroatoms. The maximum absolute atomic E-state index is 10.3. The second kappa shape index (κ2) is 6.98. The highest BCUT2D eigenvalue weighted by atomic mass is 16.4. The van der Waals surface area contributed by atoms with E-state index in [2.05, 4.69) is 5.32 Å². The van der Waals surface area contributed by atoms with E-state index >= 15 is 0 Å². The van der Waals surface area contributed by atoms with Crippen molar-refractivity contribution in [2.45, 2.75) is 18.9 Å². The molecule has 0 aromatic heterocycles. The van der Waals surface area contributed by atoms with Crippen LogP contribution < -0.4 is 5.32 Å². The lowest BCUT2D eigenvalue weighted by atomic mass is 10.1. The molecule has 0 aliphatic heterocycles. The van der Waals surface area contributed by atoms with E-state index in [4.69, 9.17) is 5.11 Å². The lowest BCUT2D eigenvalue weighted by Gasteiger charge is -2.16. The molecule has 0 radical (unpaired) electrons. The average Bonchev–Trinajstić information content (AvgIpc) is 2.30. The lowest BCUT2D eigenvalue weighted by molar-refractivity contribution is -0.137. The van der Waals surface area contributed by atoms with Gasteiger partial charge in [0.2, 0.25) is 0 Å². The van der Waals surface area contributed by atoms with Gasteiger partial charge in [-0.15, -0.1) is 0 Å². The van der Waals surface area contributed by atoms with E-state index in [1.807, 2.05) is 30.3 Å². The van der Waals surface area contributed by atoms with Crippen LogP contribution >= 0.6 is 0 Å². The second-order valence-corrected chi connectivity index (χ2v) is 3.60. The van der Waals surface area contributed by atoms with Crippen molar-refractivity contribution in [1.82, 2.24) is 5.32 Å². The zero-order valence-electron chi connectivity index (χ0n) is 9.10. The number of hydrogen-bond acceptors (Lipinski definition) is 3. The highest BCUT2D eigenvalue weighted by Gasteiger charge is 2.08. The second-order valence-electron chi connectivity index (χ2n) is 3.60. The van der Waals surface area contributed by atoms with Gasteiger partial charge in [0.1, 0.15) is 0 Å². The number of aliphatic carboxylic acids is 1. The zero-order chi connectivity index (χ0) is 11.8. The van der Waals surface area contributed by atoms with Gasteiger partial charge in [0.15, 0.2) is 0 Å². The number of hydrogen-bond donors (Lipinski definition) is 3. The Hall–Kier alpha value is -1.39. The predicted octanol–water partition coefficient (Wildman–Crippen LogP) is 1.17. The quantitative estimate of drug-likeness (QED) is 0.607. The molecule has 1 aromatic carbocycles. The van der Waals surface area contributed by atoms with E-state index < -0.39 is 5.97 Å². The summed E-state index contributed by atoms with van der Waals surface area (Å²) >= 11 is 0. The Morgan fingerprint density at radius 1 is 1.31 bits per heavy atom. The number of aliphatic hydroxyl groups is 1. The van der Waals surface area contributed by atoms with E-state index in [0.29, 0.717) is 13.0 Å². The van der Waals surface area contributed by atoms with Crippen LogP contribution in [0.4, 0.5) is 0 Å². The van der Waals surface area contributed by atoms with Gasteiger partial charge in [0, 0.05) is 6.42 Å². The van der Waals surface area contributed by atoms with Gasteiger partial charge in [-0.1, -0.05) is 30.3 Å². The molecule has 0 spiro atoms. The Bertz CT molecular complexity index is 313. The topological polar surface area (TPSA) is 69.6 Å². The maximum atomic E-state index is 10.3. The number of benzene rings is 1. The third-order valence-electron chi connectivity index (χ3n) is 2.34. The predicted molar refractivity (Wildman–Crippen MR) is 61.1 cm³/mol. The largest absolute Gasteiger partial charge is 0.481 e. The number of rotatable bonds is 7. The van der Waals surface area contributed by atoms with Gasteiger partial charge in [-0.05, 0) is 18.5 Å². The summed E-state index contributed by atoms with van der Waals surface area (Å²) in [5.41, 5.74) is 1.01. The first kappa shape index (κ1) is 12.7. The van der Waals surface area contributed by atoms with Crippen LogP contribution in [0.2, 0.25) is 0 Å². The number of aliphatic hydroxyl groups excluding tert-OH is 1. The molecule has 1 rings (SSSR count). The molecule has 0 amide bonds. The highest BCUT2D eigenvalue weighted by molar-refractivity contribution is 5.66. The van der Waals surface area contributed by atoms with Gasteiger partial charge in [-0.3, -0.25) is 4.79 Å². The Morgan fingerprint density at radius 2 is 2.00 bits per heavy atom. The van der Waals surface area contributed by atoms with Crippen molar-refractivity contribution < 1.29 is 15.0 Å². The minimum Gasteiger partial charge on any atom is -0.481 e. The van der Waals surface area contributed by atoms with Gasteiger partial charge >= 0.3 is 5.97 Å². The molecular weight excluding hydrogens is 206 g/mol. The Kier molecular flexibility index (Phi) is 5.53. The van der Waals surface area contributed by atoms with Crippen molar-refractivity contribution in [3.05, 3.63) is 35.9 Å². The third-order valence-corrected chi connectivity index (χ3v) is 2.34. The average molecular weight is 223 g/mol. The van der Waals surface area contributed by atoms with Crippen LogP contribution in [-0.2, 0) is 4.79 Å². The van der Waals surface area contributed by atoms with Crippen molar-refractivity contribution in [2.75, 3.05) is 13.2 Å². The molecule has 0 bridgehead atoms. The van der Waals surface area contributed by atoms with Gasteiger partial charge in [0.05, 0.1) is 12.6 Å². The summed E-state index contributed by atoms with van der Waals surface area (Å²) in [5, 5.41) is 20.8. The van der Waals surface area contributed by atoms with Crippen LogP contribution in [0.25, 0.3) is 0 Å². The molecule has 0 heterocycles. The molecular formula is C12H17NO3. The van der Waals surface area contributed by atoms with Crippen LogP contribution in [0.15, 0.2) is 30.3 Å². The first-order valence-electron chi connectivity index (χ1n) is 5.35. The maximum Gasteiger partial charge on any atom is 0.303 e. The van der Waals surface area contributed by atoms with Gasteiger partial charge in [-0.2, -0.15) is 0 Å². The summed E-state index contributed by atoms with van der Waals surface area (Å²) in [5.74, 6) is -0.790. The Balaban J connectivity index is 2.35. The van der Waals surface area contributed by atoms with E-state index in [9.17, 15) is 9.90 Å². The van der Waals surface area contributed by atoms with Gasteiger partial charge < -0.3 is 15.5 Å². The van der Waals surface area contributed by atoms with Crippen molar-refractivity contribution in [3.63, 3.8) is 0 Å². The minimum atomic E-state index is -0.790. The molecule has 0 saturated carbocycles. The normalized spacial score (nSPS) is 12.3. The molecule has 0 aliphatic rings. The molecule has 0 unspecified atom stereocenters. The summed E-state index contributed by atoms with van der Waals surface area (Å²) in [6.45, 7) is 0.601. The standard InChI is InChI=1S/C12H17NO3/c14-9-11(10-5-2-1-3-6-10)13-8-4-7-12(15)16/h1-3,5-6,11,13-14H,4,7-9H2,(H,15,16)/t11-/m1/s1. The van der Waals surface area contributed by atoms with E-state index in [1.54, 1.807) is 0 Å². The molecule has 4 nitrogen and oxygen atoms in total. The number of carboxylic acid groups (broad SMARTS) is 1. The summed E-state index contributed by atoms with van der Waals surface area (Å²) in [7, 11) is 0. The van der Waals surface area contributed by atoms with E-state index in [-0.39, 0.29) is 19.1 Å². The molecule has 0 aliphatic carbocycles. The number of carboxylic acids is 1. The molecule has 1 aromatic rings. The molecule has 3 N–H and O–H groups in total. The van der Waals surface area contributed by atoms with Crippen LogP contribution in [0, 0.1) is 0 Å². The van der Waals surface area contributed by atoms with Gasteiger partial charge in [0.25, 0.3) is 0 Å². The monoisotopic (exact) mass is 223 g/mol. The van der Waals surface area contributed by atoms with E-state index in [0.717, 1.165) is 5.56 Å². The lowest BCUT2D eigenvalue weighted by Crippen LogP contribution is -2.25. The summed E-state index contributed by atoms with van der Waals surface area (Å²) < 4.78 is 0. The fourth-order valence-corrected chi connectivity index (χ4v) is 1.49. The van der Waals surface area contributed by atoms with Crippen molar-refractivity contribution >= 4 is 5.97 Å². The van der Waals surface area contributed by atoms with E-state index in [1.165, 1.54) is 0 Å². The van der Waals surface area contributed by atoms with Crippen LogP contribution in [0.1, 0.15) is 24.4 Å². The molecule has 16 heavy (non-hydrogen) atoms. The van der Waals surface area contributed by atoms with Crippen molar-refractivity contribution in [1.29, 1.82) is 0 Å². The zero-order valence-corrected chi connectivity index (χ0v) is 9.10. The Labute approximate surface area is 94.9 Å². The smallest absolute Gasteiger partial charge is 0.303 e. The fourth-order valence-electron chi connectivity index (χ4n) is 1.49. The minimum absolute atomic E-state index is 0.0110. The number of nitrogens with one attached hydrogen (secondary N) is 1. The van der Waals surface area contributed by atoms with Gasteiger partial charge in [-0.25, -0.2) is 0 Å². The summed E-state index contributed by atoms with van der Waals surface area (Å²) in [6.07, 6.45) is 0.721. The molecule has 88 valence electrons. The van der Waals surface area contributed by atoms with Crippen LogP contribution in [0.3, 0.4) is 0 Å². The van der Waals surface area contributed by atoms with Crippen LogP contribution in [0.5, 0.6) is 0 Å². The van der Waals surface area contributed by atoms with Crippen molar-refractivity contribution in [3.8, 4) is 0 Å². The van der Waals surface area contributed by atoms with Crippen molar-refractivity contribution in [2.24, 2.45) is 0 Å². The Morgan fingerprint density at radius 3 is 2.56 bits per heavy atom. The van der Waals surface area contributed by atoms with Crippen LogP contribution in [-0.4, -0.2) is 29.3 Å². The number of carbonyl (C=O) groups is 1. The molecule has 0 fully saturated rings. The third kappa shape index (κ3) is 4.42. The summed E-state index contributed by atoms with van der Waals surface area (Å²) in [6, 6.07) is 9.50. The SMILES string of the molecule is O=C(O)CCCN[C@H](CO)c1ccccc1. The summed E-state index contributed by atoms with van der Waals surface area (Å²) in [4.78, 5) is 10.3. The molecule has 0 saturated heterocycles. The first-order chi connectivity index (χ1) is 7.74. The first-order valence-corrected chi connectivity index (χ1v) is 5.35. The molecule has 1 atom stereocenters. The highest BCUT2D eigenvalue weighted by Crippen LogP contribution is 2.11.